The van der Waals surface area contributed by atoms with Gasteiger partial charge < -0.3 is 0 Å². The minimum atomic E-state index is -3.68. The quantitative estimate of drug-likeness (QED) is 0.909. The molecule has 0 fully saturated rings. The molecule has 0 radical (unpaired) electrons. The first-order chi connectivity index (χ1) is 11.2. The van der Waals surface area contributed by atoms with Crippen molar-refractivity contribution in [3.05, 3.63) is 57.6 Å². The second-order valence-corrected chi connectivity index (χ2v) is 7.71. The molecule has 4 nitrogen and oxygen atoms in total. The van der Waals surface area contributed by atoms with Crippen molar-refractivity contribution in [1.82, 2.24) is 0 Å². The standard InChI is InChI=1S/C19H22N2O2S/c1-12-13(2)15(4)19(16(5)14(12)3)24(22,23)21-18-8-6-17(7-9-18)10-11-20/h6-9,21H,10H2,1-5H3. The van der Waals surface area contributed by atoms with Gasteiger partial charge in [-0.3, -0.25) is 4.72 Å². The van der Waals surface area contributed by atoms with E-state index in [0.29, 0.717) is 17.0 Å². The predicted molar refractivity (Wildman–Crippen MR) is 96.7 cm³/mol. The molecule has 24 heavy (non-hydrogen) atoms. The van der Waals surface area contributed by atoms with Crippen molar-refractivity contribution >= 4 is 15.7 Å². The summed E-state index contributed by atoms with van der Waals surface area (Å²) in [5.74, 6) is 0. The monoisotopic (exact) mass is 342 g/mol. The molecule has 126 valence electrons. The first-order valence-electron chi connectivity index (χ1n) is 7.74. The fourth-order valence-electron chi connectivity index (χ4n) is 2.86. The number of anilines is 1. The van der Waals surface area contributed by atoms with Gasteiger partial charge in [-0.25, -0.2) is 8.42 Å². The van der Waals surface area contributed by atoms with E-state index in [4.69, 9.17) is 5.26 Å². The van der Waals surface area contributed by atoms with E-state index in [1.54, 1.807) is 24.3 Å². The maximum Gasteiger partial charge on any atom is 0.262 e. The average Bonchev–Trinajstić information content (AvgIpc) is 2.53. The number of sulfonamides is 1. The minimum absolute atomic E-state index is 0.307. The molecule has 0 unspecified atom stereocenters. The summed E-state index contributed by atoms with van der Waals surface area (Å²) in [6.07, 6.45) is 0.307. The summed E-state index contributed by atoms with van der Waals surface area (Å²) in [6, 6.07) is 8.95. The first kappa shape index (κ1) is 18.0. The Morgan fingerprint density at radius 1 is 0.875 bits per heavy atom. The van der Waals surface area contributed by atoms with Crippen molar-refractivity contribution < 1.29 is 8.42 Å². The van der Waals surface area contributed by atoms with E-state index in [2.05, 4.69) is 10.8 Å². The molecule has 2 aromatic rings. The summed E-state index contributed by atoms with van der Waals surface area (Å²) in [4.78, 5) is 0.351. The van der Waals surface area contributed by atoms with Crippen molar-refractivity contribution in [3.8, 4) is 6.07 Å². The number of nitriles is 1. The van der Waals surface area contributed by atoms with E-state index >= 15 is 0 Å². The molecule has 0 aromatic heterocycles. The highest BCUT2D eigenvalue weighted by molar-refractivity contribution is 7.92. The fraction of sp³-hybridized carbons (Fsp3) is 0.316. The van der Waals surface area contributed by atoms with Gasteiger partial charge in [-0.05, 0) is 80.1 Å². The third kappa shape index (κ3) is 3.29. The predicted octanol–water partition coefficient (Wildman–Crippen LogP) is 4.10. The van der Waals surface area contributed by atoms with Crippen molar-refractivity contribution in [3.63, 3.8) is 0 Å². The SMILES string of the molecule is Cc1c(C)c(C)c(S(=O)(=O)Nc2ccc(CC#N)cc2)c(C)c1C. The van der Waals surface area contributed by atoms with Crippen LogP contribution in [0.4, 0.5) is 5.69 Å². The van der Waals surface area contributed by atoms with Gasteiger partial charge in [0.25, 0.3) is 10.0 Å². The second-order valence-electron chi connectivity index (χ2n) is 6.09. The van der Waals surface area contributed by atoms with Gasteiger partial charge in [-0.15, -0.1) is 0 Å². The van der Waals surface area contributed by atoms with E-state index in [0.717, 1.165) is 33.4 Å². The van der Waals surface area contributed by atoms with E-state index in [-0.39, 0.29) is 0 Å². The van der Waals surface area contributed by atoms with Crippen molar-refractivity contribution in [2.24, 2.45) is 0 Å². The maximum atomic E-state index is 12.9. The number of nitrogens with zero attached hydrogens (tertiary/aromatic N) is 1. The molecule has 0 atom stereocenters. The van der Waals surface area contributed by atoms with Gasteiger partial charge in [0.2, 0.25) is 0 Å². The molecule has 0 saturated heterocycles. The summed E-state index contributed by atoms with van der Waals surface area (Å²) in [5, 5.41) is 8.70. The zero-order valence-corrected chi connectivity index (χ0v) is 15.5. The lowest BCUT2D eigenvalue weighted by atomic mass is 9.95. The molecule has 0 spiro atoms. The second kappa shape index (κ2) is 6.66. The van der Waals surface area contributed by atoms with E-state index < -0.39 is 10.0 Å². The van der Waals surface area contributed by atoms with Crippen LogP contribution in [0.2, 0.25) is 0 Å². The smallest absolute Gasteiger partial charge is 0.262 e. The van der Waals surface area contributed by atoms with Gasteiger partial charge in [0.15, 0.2) is 0 Å². The summed E-state index contributed by atoms with van der Waals surface area (Å²) in [5.41, 5.74) is 6.05. The van der Waals surface area contributed by atoms with Crippen LogP contribution < -0.4 is 4.72 Å². The molecular weight excluding hydrogens is 320 g/mol. The van der Waals surface area contributed by atoms with Gasteiger partial charge in [0.05, 0.1) is 17.4 Å². The molecule has 2 rings (SSSR count). The van der Waals surface area contributed by atoms with Crippen molar-refractivity contribution in [2.75, 3.05) is 4.72 Å². The Balaban J connectivity index is 2.47. The third-order valence-corrected chi connectivity index (χ3v) is 6.34. The van der Waals surface area contributed by atoms with Crippen LogP contribution in [0.3, 0.4) is 0 Å². The molecule has 1 N–H and O–H groups in total. The zero-order chi connectivity index (χ0) is 18.1. The van der Waals surface area contributed by atoms with Crippen molar-refractivity contribution in [2.45, 2.75) is 45.9 Å². The highest BCUT2D eigenvalue weighted by Crippen LogP contribution is 2.30. The number of benzene rings is 2. The van der Waals surface area contributed by atoms with Gasteiger partial charge >= 0.3 is 0 Å². The van der Waals surface area contributed by atoms with Crippen molar-refractivity contribution in [1.29, 1.82) is 5.26 Å². The Kier molecular flexibility index (Phi) is 5.00. The maximum absolute atomic E-state index is 12.9. The minimum Gasteiger partial charge on any atom is -0.280 e. The molecule has 0 aliphatic carbocycles. The molecule has 0 bridgehead atoms. The largest absolute Gasteiger partial charge is 0.280 e. The number of hydrogen-bond donors (Lipinski definition) is 1. The number of nitrogens with one attached hydrogen (secondary N) is 1. The van der Waals surface area contributed by atoms with Crippen LogP contribution in [0.15, 0.2) is 29.2 Å². The molecule has 5 heteroatoms. The Morgan fingerprint density at radius 3 is 1.79 bits per heavy atom. The Morgan fingerprint density at radius 2 is 1.33 bits per heavy atom. The van der Waals surface area contributed by atoms with Crippen LogP contribution in [-0.2, 0) is 16.4 Å². The average molecular weight is 342 g/mol. The van der Waals surface area contributed by atoms with E-state index in [9.17, 15) is 8.42 Å². The van der Waals surface area contributed by atoms with Crippen LogP contribution in [-0.4, -0.2) is 8.42 Å². The topological polar surface area (TPSA) is 70.0 Å². The summed E-state index contributed by atoms with van der Waals surface area (Å²) >= 11 is 0. The van der Waals surface area contributed by atoms with E-state index in [1.165, 1.54) is 0 Å². The summed E-state index contributed by atoms with van der Waals surface area (Å²) < 4.78 is 28.5. The van der Waals surface area contributed by atoms with Crippen LogP contribution in [0.5, 0.6) is 0 Å². The lowest BCUT2D eigenvalue weighted by Crippen LogP contribution is -2.17. The Bertz CT molecular complexity index is 892. The van der Waals surface area contributed by atoms with Gasteiger partial charge in [-0.1, -0.05) is 12.1 Å². The molecule has 0 saturated carbocycles. The van der Waals surface area contributed by atoms with Crippen LogP contribution in [0, 0.1) is 45.9 Å². The highest BCUT2D eigenvalue weighted by atomic mass is 32.2. The lowest BCUT2D eigenvalue weighted by Gasteiger charge is -2.19. The zero-order valence-electron chi connectivity index (χ0n) is 14.7. The fourth-order valence-corrected chi connectivity index (χ4v) is 4.52. The molecular formula is C19H22N2O2S. The molecule has 0 heterocycles. The number of hydrogen-bond acceptors (Lipinski definition) is 3. The summed E-state index contributed by atoms with van der Waals surface area (Å²) in [6.45, 7) is 9.61. The highest BCUT2D eigenvalue weighted by Gasteiger charge is 2.23. The first-order valence-corrected chi connectivity index (χ1v) is 9.23. The molecule has 2 aromatic carbocycles. The van der Waals surface area contributed by atoms with Crippen LogP contribution >= 0.6 is 0 Å². The lowest BCUT2D eigenvalue weighted by molar-refractivity contribution is 0.599. The van der Waals surface area contributed by atoms with E-state index in [1.807, 2.05) is 34.6 Å². The Hall–Kier alpha value is -2.32. The third-order valence-electron chi connectivity index (χ3n) is 4.69. The molecule has 0 aliphatic heterocycles. The normalized spacial score (nSPS) is 11.2. The molecule has 0 amide bonds. The van der Waals surface area contributed by atoms with Gasteiger partial charge in [0, 0.05) is 5.69 Å². The summed E-state index contributed by atoms with van der Waals surface area (Å²) in [7, 11) is -3.68. The van der Waals surface area contributed by atoms with Gasteiger partial charge in [0.1, 0.15) is 0 Å². The molecule has 0 aliphatic rings. The van der Waals surface area contributed by atoms with Crippen LogP contribution in [0.1, 0.15) is 33.4 Å². The van der Waals surface area contributed by atoms with Gasteiger partial charge in [-0.2, -0.15) is 5.26 Å². The number of rotatable bonds is 4. The Labute approximate surface area is 144 Å². The van der Waals surface area contributed by atoms with Crippen LogP contribution in [0.25, 0.3) is 0 Å².